The highest BCUT2D eigenvalue weighted by molar-refractivity contribution is 6.30. The zero-order valence-corrected chi connectivity index (χ0v) is 11.4. The lowest BCUT2D eigenvalue weighted by molar-refractivity contribution is -0.148. The molecule has 0 spiro atoms. The van der Waals surface area contributed by atoms with Gasteiger partial charge in [-0.2, -0.15) is 5.26 Å². The molecule has 0 bridgehead atoms. The van der Waals surface area contributed by atoms with E-state index < -0.39 is 11.4 Å². The molecule has 1 atom stereocenters. The lowest BCUT2D eigenvalue weighted by atomic mass is 9.81. The first kappa shape index (κ1) is 13.7. The Kier molecular flexibility index (Phi) is 3.68. The van der Waals surface area contributed by atoms with Crippen molar-refractivity contribution in [2.75, 3.05) is 18.0 Å². The molecule has 1 aromatic carbocycles. The lowest BCUT2D eigenvalue weighted by Gasteiger charge is -2.39. The predicted molar refractivity (Wildman–Crippen MR) is 73.4 cm³/mol. The number of carboxylic acid groups (broad SMARTS) is 1. The SMILES string of the molecule is CC1(C(=O)O)CCCN(c2cc(Cl)ccc2C#N)C1. The Morgan fingerprint density at radius 1 is 1.58 bits per heavy atom. The number of hydrogen-bond acceptors (Lipinski definition) is 3. The smallest absolute Gasteiger partial charge is 0.311 e. The summed E-state index contributed by atoms with van der Waals surface area (Å²) in [6.45, 7) is 2.90. The summed E-state index contributed by atoms with van der Waals surface area (Å²) in [6.07, 6.45) is 1.45. The zero-order valence-electron chi connectivity index (χ0n) is 10.7. The van der Waals surface area contributed by atoms with Crippen LogP contribution in [0.25, 0.3) is 0 Å². The quantitative estimate of drug-likeness (QED) is 0.903. The molecule has 19 heavy (non-hydrogen) atoms. The van der Waals surface area contributed by atoms with Crippen LogP contribution in [0.1, 0.15) is 25.3 Å². The van der Waals surface area contributed by atoms with Crippen molar-refractivity contribution in [1.82, 2.24) is 0 Å². The summed E-state index contributed by atoms with van der Waals surface area (Å²) in [5.41, 5.74) is 0.481. The van der Waals surface area contributed by atoms with Gasteiger partial charge in [-0.3, -0.25) is 4.79 Å². The summed E-state index contributed by atoms with van der Waals surface area (Å²) in [5, 5.41) is 19.0. The number of nitrogens with zero attached hydrogens (tertiary/aromatic N) is 2. The van der Waals surface area contributed by atoms with Gasteiger partial charge in [0.25, 0.3) is 0 Å². The molecular weight excluding hydrogens is 264 g/mol. The average Bonchev–Trinajstić information content (AvgIpc) is 2.38. The van der Waals surface area contributed by atoms with Gasteiger partial charge in [-0.1, -0.05) is 11.6 Å². The van der Waals surface area contributed by atoms with Crippen molar-refractivity contribution < 1.29 is 9.90 Å². The Bertz CT molecular complexity index is 553. The second-order valence-corrected chi connectivity index (χ2v) is 5.60. The standard InChI is InChI=1S/C14H15ClN2O2/c1-14(13(18)19)5-2-6-17(9-14)12-7-11(15)4-3-10(12)8-16/h3-4,7H,2,5-6,9H2,1H3,(H,18,19). The van der Waals surface area contributed by atoms with Crippen LogP contribution in [0.4, 0.5) is 5.69 Å². The van der Waals surface area contributed by atoms with E-state index in [1.54, 1.807) is 25.1 Å². The number of rotatable bonds is 2. The first-order chi connectivity index (χ1) is 8.96. The maximum Gasteiger partial charge on any atom is 0.311 e. The van der Waals surface area contributed by atoms with Crippen LogP contribution in [0.5, 0.6) is 0 Å². The van der Waals surface area contributed by atoms with Crippen LogP contribution in [0.3, 0.4) is 0 Å². The molecule has 0 aliphatic carbocycles. The summed E-state index contributed by atoms with van der Waals surface area (Å²) in [5.74, 6) is -0.794. The summed E-state index contributed by atoms with van der Waals surface area (Å²) in [7, 11) is 0. The molecule has 4 nitrogen and oxygen atoms in total. The highest BCUT2D eigenvalue weighted by Crippen LogP contribution is 2.34. The second-order valence-electron chi connectivity index (χ2n) is 5.16. The minimum Gasteiger partial charge on any atom is -0.481 e. The fourth-order valence-electron chi connectivity index (χ4n) is 2.48. The largest absolute Gasteiger partial charge is 0.481 e. The van der Waals surface area contributed by atoms with Crippen molar-refractivity contribution in [3.8, 4) is 6.07 Å². The zero-order chi connectivity index (χ0) is 14.0. The Morgan fingerprint density at radius 2 is 2.32 bits per heavy atom. The fourth-order valence-corrected chi connectivity index (χ4v) is 2.65. The number of carboxylic acids is 1. The van der Waals surface area contributed by atoms with Gasteiger partial charge in [-0.25, -0.2) is 0 Å². The third-order valence-electron chi connectivity index (χ3n) is 3.63. The number of aliphatic carboxylic acids is 1. The Labute approximate surface area is 117 Å². The summed E-state index contributed by atoms with van der Waals surface area (Å²) in [6, 6.07) is 7.20. The number of anilines is 1. The maximum atomic E-state index is 11.4. The number of piperidine rings is 1. The number of carbonyl (C=O) groups is 1. The average molecular weight is 279 g/mol. The number of benzene rings is 1. The van der Waals surface area contributed by atoms with Crippen molar-refractivity contribution in [2.45, 2.75) is 19.8 Å². The molecule has 0 saturated carbocycles. The van der Waals surface area contributed by atoms with Crippen LogP contribution < -0.4 is 4.90 Å². The van der Waals surface area contributed by atoms with E-state index in [-0.39, 0.29) is 0 Å². The van der Waals surface area contributed by atoms with Crippen molar-refractivity contribution in [3.63, 3.8) is 0 Å². The molecule has 1 aliphatic heterocycles. The number of hydrogen-bond donors (Lipinski definition) is 1. The molecule has 0 aromatic heterocycles. The van der Waals surface area contributed by atoms with Crippen LogP contribution in [0.2, 0.25) is 5.02 Å². The first-order valence-corrected chi connectivity index (χ1v) is 6.52. The van der Waals surface area contributed by atoms with Gasteiger partial charge in [-0.15, -0.1) is 0 Å². The number of halogens is 1. The Balaban J connectivity index is 2.35. The van der Waals surface area contributed by atoms with Gasteiger partial charge in [0.15, 0.2) is 0 Å². The van der Waals surface area contributed by atoms with Crippen molar-refractivity contribution >= 4 is 23.3 Å². The summed E-state index contributed by atoms with van der Waals surface area (Å²) in [4.78, 5) is 13.3. The van der Waals surface area contributed by atoms with Crippen LogP contribution in [0.15, 0.2) is 18.2 Å². The molecular formula is C14H15ClN2O2. The third-order valence-corrected chi connectivity index (χ3v) is 3.87. The molecule has 100 valence electrons. The van der Waals surface area contributed by atoms with Gasteiger partial charge in [0, 0.05) is 18.1 Å². The number of nitriles is 1. The second kappa shape index (κ2) is 5.10. The van der Waals surface area contributed by atoms with Gasteiger partial charge >= 0.3 is 5.97 Å². The van der Waals surface area contributed by atoms with Gasteiger partial charge in [0.2, 0.25) is 0 Å². The van der Waals surface area contributed by atoms with Crippen molar-refractivity contribution in [1.29, 1.82) is 5.26 Å². The minimum absolute atomic E-state index is 0.400. The Hall–Kier alpha value is -1.73. The highest BCUT2D eigenvalue weighted by Gasteiger charge is 2.38. The van der Waals surface area contributed by atoms with E-state index in [0.717, 1.165) is 18.7 Å². The van der Waals surface area contributed by atoms with E-state index in [2.05, 4.69) is 6.07 Å². The molecule has 0 radical (unpaired) electrons. The lowest BCUT2D eigenvalue weighted by Crippen LogP contribution is -2.46. The normalized spacial score (nSPS) is 22.9. The highest BCUT2D eigenvalue weighted by atomic mass is 35.5. The molecule has 0 amide bonds. The molecule has 1 aromatic rings. The summed E-state index contributed by atoms with van der Waals surface area (Å²) >= 11 is 5.97. The van der Waals surface area contributed by atoms with E-state index >= 15 is 0 Å². The first-order valence-electron chi connectivity index (χ1n) is 6.14. The topological polar surface area (TPSA) is 64.3 Å². The molecule has 5 heteroatoms. The van der Waals surface area contributed by atoms with E-state index in [9.17, 15) is 9.90 Å². The van der Waals surface area contributed by atoms with Crippen LogP contribution in [0, 0.1) is 16.7 Å². The molecule has 1 heterocycles. The molecule has 1 saturated heterocycles. The fraction of sp³-hybridized carbons (Fsp3) is 0.429. The van der Waals surface area contributed by atoms with Crippen LogP contribution in [-0.4, -0.2) is 24.2 Å². The van der Waals surface area contributed by atoms with E-state index in [1.807, 2.05) is 4.90 Å². The molecule has 2 rings (SSSR count). The minimum atomic E-state index is -0.794. The monoisotopic (exact) mass is 278 g/mol. The predicted octanol–water partition coefficient (Wildman–Crippen LogP) is 2.90. The third kappa shape index (κ3) is 2.66. The molecule has 1 N–H and O–H groups in total. The van der Waals surface area contributed by atoms with Gasteiger partial charge in [0.05, 0.1) is 16.7 Å². The van der Waals surface area contributed by atoms with Crippen LogP contribution >= 0.6 is 11.6 Å². The van der Waals surface area contributed by atoms with Crippen LogP contribution in [-0.2, 0) is 4.79 Å². The Morgan fingerprint density at radius 3 is 2.95 bits per heavy atom. The molecule has 1 unspecified atom stereocenters. The van der Waals surface area contributed by atoms with Crippen molar-refractivity contribution in [2.24, 2.45) is 5.41 Å². The van der Waals surface area contributed by atoms with Gasteiger partial charge in [0.1, 0.15) is 6.07 Å². The summed E-state index contributed by atoms with van der Waals surface area (Å²) < 4.78 is 0. The van der Waals surface area contributed by atoms with E-state index in [0.29, 0.717) is 23.6 Å². The van der Waals surface area contributed by atoms with E-state index in [1.165, 1.54) is 0 Å². The maximum absolute atomic E-state index is 11.4. The van der Waals surface area contributed by atoms with Crippen molar-refractivity contribution in [3.05, 3.63) is 28.8 Å². The molecule has 1 aliphatic rings. The van der Waals surface area contributed by atoms with Gasteiger partial charge in [-0.05, 0) is 38.0 Å². The molecule has 1 fully saturated rings. The van der Waals surface area contributed by atoms with Gasteiger partial charge < -0.3 is 10.0 Å². The van der Waals surface area contributed by atoms with E-state index in [4.69, 9.17) is 16.9 Å².